The largest absolute Gasteiger partial charge is 0.365 e. The number of hydrogen-bond donors (Lipinski definition) is 0. The van der Waals surface area contributed by atoms with Crippen molar-refractivity contribution in [3.8, 4) is 0 Å². The molecule has 0 N–H and O–H groups in total. The molecule has 0 aliphatic carbocycles. The predicted octanol–water partition coefficient (Wildman–Crippen LogP) is 3.67. The Kier molecular flexibility index (Phi) is 4.16. The first kappa shape index (κ1) is 14.0. The monoisotopic (exact) mass is 280 g/mol. The van der Waals surface area contributed by atoms with Gasteiger partial charge in [-0.15, -0.1) is 0 Å². The van der Waals surface area contributed by atoms with Crippen LogP contribution in [0.15, 0.2) is 48.5 Å². The molecule has 1 heterocycles. The minimum Gasteiger partial charge on any atom is -0.365 e. The maximum Gasteiger partial charge on any atom is 0.170 e. The summed E-state index contributed by atoms with van der Waals surface area (Å²) in [5.74, 6) is 0.145. The smallest absolute Gasteiger partial charge is 0.170 e. The number of fused-ring (bicyclic) bond motifs is 1. The molecule has 0 bridgehead atoms. The fraction of sp³-hybridized carbons (Fsp3) is 0.316. The summed E-state index contributed by atoms with van der Waals surface area (Å²) < 4.78 is 5.73. The van der Waals surface area contributed by atoms with Gasteiger partial charge in [0.25, 0.3) is 0 Å². The number of hydrogen-bond acceptors (Lipinski definition) is 2. The van der Waals surface area contributed by atoms with Crippen LogP contribution >= 0.6 is 0 Å². The van der Waals surface area contributed by atoms with Gasteiger partial charge in [-0.2, -0.15) is 0 Å². The Morgan fingerprint density at radius 1 is 1.10 bits per heavy atom. The van der Waals surface area contributed by atoms with Crippen LogP contribution in [0.2, 0.25) is 0 Å². The molecule has 2 heteroatoms. The average molecular weight is 280 g/mol. The number of Topliss-reactive ketones (excluding diaryl/α,β-unsaturated/α-hetero) is 1. The van der Waals surface area contributed by atoms with Crippen LogP contribution in [-0.2, 0) is 28.8 Å². The fourth-order valence-electron chi connectivity index (χ4n) is 2.85. The molecule has 1 unspecified atom stereocenters. The summed E-state index contributed by atoms with van der Waals surface area (Å²) in [5.41, 5.74) is 4.64. The minimum atomic E-state index is -0.402. The van der Waals surface area contributed by atoms with E-state index in [1.165, 1.54) is 11.1 Å². The lowest BCUT2D eigenvalue weighted by Crippen LogP contribution is -2.24. The molecule has 0 fully saturated rings. The maximum absolute atomic E-state index is 12.6. The lowest BCUT2D eigenvalue weighted by atomic mass is 9.92. The Hall–Kier alpha value is -1.93. The van der Waals surface area contributed by atoms with Crippen LogP contribution in [0.25, 0.3) is 0 Å². The topological polar surface area (TPSA) is 26.3 Å². The predicted molar refractivity (Wildman–Crippen MR) is 83.4 cm³/mol. The van der Waals surface area contributed by atoms with Crippen molar-refractivity contribution >= 4 is 5.78 Å². The van der Waals surface area contributed by atoms with Gasteiger partial charge in [-0.25, -0.2) is 0 Å². The zero-order valence-corrected chi connectivity index (χ0v) is 12.3. The van der Waals surface area contributed by atoms with Gasteiger partial charge in [-0.1, -0.05) is 55.5 Å². The van der Waals surface area contributed by atoms with Crippen LogP contribution in [0.1, 0.15) is 35.3 Å². The summed E-state index contributed by atoms with van der Waals surface area (Å²) in [6, 6.07) is 16.4. The van der Waals surface area contributed by atoms with E-state index in [1.54, 1.807) is 0 Å². The van der Waals surface area contributed by atoms with Gasteiger partial charge >= 0.3 is 0 Å². The quantitative estimate of drug-likeness (QED) is 0.854. The minimum absolute atomic E-state index is 0.145. The Balaban J connectivity index is 1.76. The van der Waals surface area contributed by atoms with Crippen LogP contribution in [0, 0.1) is 0 Å². The molecule has 1 aliphatic heterocycles. The molecule has 1 atom stereocenters. The third-order valence-corrected chi connectivity index (χ3v) is 4.10. The van der Waals surface area contributed by atoms with E-state index in [0.29, 0.717) is 13.0 Å². The molecule has 2 aromatic carbocycles. The first-order valence-electron chi connectivity index (χ1n) is 7.58. The Bertz CT molecular complexity index is 628. The summed E-state index contributed by atoms with van der Waals surface area (Å²) >= 11 is 0. The molecule has 0 spiro atoms. The molecule has 3 rings (SSSR count). The number of benzene rings is 2. The van der Waals surface area contributed by atoms with E-state index >= 15 is 0 Å². The molecule has 0 saturated heterocycles. The van der Waals surface area contributed by atoms with Crippen molar-refractivity contribution < 1.29 is 9.53 Å². The van der Waals surface area contributed by atoms with Gasteiger partial charge in [-0.05, 0) is 35.1 Å². The van der Waals surface area contributed by atoms with Gasteiger partial charge in [0.1, 0.15) is 6.10 Å². The van der Waals surface area contributed by atoms with E-state index in [2.05, 4.69) is 25.1 Å². The molecule has 1 aliphatic rings. The highest BCUT2D eigenvalue weighted by Crippen LogP contribution is 2.28. The number of carbonyl (C=O) groups is 1. The number of ketones is 1. The molecule has 2 aromatic rings. The summed E-state index contributed by atoms with van der Waals surface area (Å²) in [4.78, 5) is 12.6. The second kappa shape index (κ2) is 6.23. The normalized spacial score (nSPS) is 17.3. The molecule has 21 heavy (non-hydrogen) atoms. The van der Waals surface area contributed by atoms with Crippen LogP contribution in [0.3, 0.4) is 0 Å². The van der Waals surface area contributed by atoms with Crippen molar-refractivity contribution in [2.24, 2.45) is 0 Å². The number of aryl methyl sites for hydroxylation is 1. The first-order chi connectivity index (χ1) is 10.3. The van der Waals surface area contributed by atoms with E-state index < -0.39 is 6.10 Å². The van der Waals surface area contributed by atoms with Gasteiger partial charge in [0, 0.05) is 6.42 Å². The molecular weight excluding hydrogens is 260 g/mol. The summed E-state index contributed by atoms with van der Waals surface area (Å²) in [5, 5.41) is 0. The highest BCUT2D eigenvalue weighted by Gasteiger charge is 2.26. The van der Waals surface area contributed by atoms with Crippen molar-refractivity contribution in [1.29, 1.82) is 0 Å². The zero-order valence-electron chi connectivity index (χ0n) is 12.3. The SMILES string of the molecule is CCc1ccc(CC(=O)C2OCCc3ccccc32)cc1. The number of ether oxygens (including phenoxy) is 1. The highest BCUT2D eigenvalue weighted by molar-refractivity contribution is 5.87. The van der Waals surface area contributed by atoms with Gasteiger partial charge in [0.2, 0.25) is 0 Å². The number of rotatable bonds is 4. The van der Waals surface area contributed by atoms with Crippen molar-refractivity contribution in [3.05, 3.63) is 70.8 Å². The summed E-state index contributed by atoms with van der Waals surface area (Å²) in [6.07, 6.45) is 1.95. The summed E-state index contributed by atoms with van der Waals surface area (Å²) in [7, 11) is 0. The average Bonchev–Trinajstić information content (AvgIpc) is 2.55. The van der Waals surface area contributed by atoms with E-state index in [1.807, 2.05) is 30.3 Å². The summed E-state index contributed by atoms with van der Waals surface area (Å²) in [6.45, 7) is 2.76. The molecule has 0 radical (unpaired) electrons. The van der Waals surface area contributed by atoms with Crippen molar-refractivity contribution in [2.45, 2.75) is 32.3 Å². The van der Waals surface area contributed by atoms with E-state index in [9.17, 15) is 4.79 Å². The van der Waals surface area contributed by atoms with Gasteiger partial charge in [-0.3, -0.25) is 4.79 Å². The second-order valence-corrected chi connectivity index (χ2v) is 5.51. The van der Waals surface area contributed by atoms with Crippen LogP contribution in [0.4, 0.5) is 0 Å². The second-order valence-electron chi connectivity index (χ2n) is 5.51. The van der Waals surface area contributed by atoms with Gasteiger partial charge < -0.3 is 4.74 Å². The van der Waals surface area contributed by atoms with Gasteiger partial charge in [0.05, 0.1) is 6.61 Å². The zero-order chi connectivity index (χ0) is 14.7. The number of carbonyl (C=O) groups excluding carboxylic acids is 1. The van der Waals surface area contributed by atoms with E-state index in [0.717, 1.165) is 24.0 Å². The van der Waals surface area contributed by atoms with E-state index in [4.69, 9.17) is 4.74 Å². The van der Waals surface area contributed by atoms with Gasteiger partial charge in [0.15, 0.2) is 5.78 Å². The standard InChI is InChI=1S/C19H20O2/c1-2-14-7-9-15(10-8-14)13-18(20)19-17-6-4-3-5-16(17)11-12-21-19/h3-10,19H,2,11-13H2,1H3. The van der Waals surface area contributed by atoms with Crippen molar-refractivity contribution in [2.75, 3.05) is 6.61 Å². The molecular formula is C19H20O2. The third kappa shape index (κ3) is 3.06. The molecule has 0 saturated carbocycles. The Morgan fingerprint density at radius 3 is 2.57 bits per heavy atom. The molecule has 2 nitrogen and oxygen atoms in total. The van der Waals surface area contributed by atoms with Crippen molar-refractivity contribution in [1.82, 2.24) is 0 Å². The lowest BCUT2D eigenvalue weighted by Gasteiger charge is -2.25. The maximum atomic E-state index is 12.6. The van der Waals surface area contributed by atoms with E-state index in [-0.39, 0.29) is 5.78 Å². The molecule has 108 valence electrons. The third-order valence-electron chi connectivity index (χ3n) is 4.10. The molecule has 0 aromatic heterocycles. The lowest BCUT2D eigenvalue weighted by molar-refractivity contribution is -0.131. The van der Waals surface area contributed by atoms with Crippen molar-refractivity contribution in [3.63, 3.8) is 0 Å². The highest BCUT2D eigenvalue weighted by atomic mass is 16.5. The molecule has 0 amide bonds. The Labute approximate surface area is 125 Å². The first-order valence-corrected chi connectivity index (χ1v) is 7.58. The Morgan fingerprint density at radius 2 is 1.81 bits per heavy atom. The fourth-order valence-corrected chi connectivity index (χ4v) is 2.85. The van der Waals surface area contributed by atoms with Crippen LogP contribution in [-0.4, -0.2) is 12.4 Å². The van der Waals surface area contributed by atoms with Crippen LogP contribution in [0.5, 0.6) is 0 Å². The van der Waals surface area contributed by atoms with Crippen LogP contribution < -0.4 is 0 Å².